The van der Waals surface area contributed by atoms with Gasteiger partial charge in [0, 0.05) is 24.9 Å². The van der Waals surface area contributed by atoms with E-state index in [1.165, 1.54) is 13.2 Å². The average Bonchev–Trinajstić information content (AvgIpc) is 3.34. The van der Waals surface area contributed by atoms with Crippen molar-refractivity contribution in [2.24, 2.45) is 0 Å². The van der Waals surface area contributed by atoms with Crippen molar-refractivity contribution in [3.05, 3.63) is 54.1 Å². The van der Waals surface area contributed by atoms with Gasteiger partial charge in [-0.25, -0.2) is 4.39 Å². The van der Waals surface area contributed by atoms with Crippen LogP contribution in [-0.4, -0.2) is 36.8 Å². The van der Waals surface area contributed by atoms with Gasteiger partial charge in [-0.15, -0.1) is 0 Å². The molecule has 1 saturated heterocycles. The molecule has 1 aliphatic heterocycles. The summed E-state index contributed by atoms with van der Waals surface area (Å²) in [6.07, 6.45) is 0.228. The van der Waals surface area contributed by atoms with E-state index in [2.05, 4.69) is 10.1 Å². The van der Waals surface area contributed by atoms with E-state index in [4.69, 9.17) is 14.0 Å². The third-order valence-corrected chi connectivity index (χ3v) is 4.71. The summed E-state index contributed by atoms with van der Waals surface area (Å²) in [6.45, 7) is 0.373. The topological polar surface area (TPSA) is 77.7 Å². The van der Waals surface area contributed by atoms with Crippen molar-refractivity contribution in [3.8, 4) is 23.0 Å². The van der Waals surface area contributed by atoms with Gasteiger partial charge in [-0.05, 0) is 24.3 Å². The lowest BCUT2D eigenvalue weighted by atomic mass is 10.1. The maximum atomic E-state index is 13.9. The van der Waals surface area contributed by atoms with Gasteiger partial charge in [-0.1, -0.05) is 17.3 Å². The first-order chi connectivity index (χ1) is 13.6. The van der Waals surface area contributed by atoms with Crippen LogP contribution in [0.1, 0.15) is 18.2 Å². The highest BCUT2D eigenvalue weighted by molar-refractivity contribution is 5.97. The van der Waals surface area contributed by atoms with Crippen LogP contribution in [0.25, 0.3) is 11.5 Å². The molecule has 8 heteroatoms. The molecule has 7 nitrogen and oxygen atoms in total. The number of hydrogen-bond donors (Lipinski definition) is 0. The Labute approximate surface area is 160 Å². The number of ether oxygens (including phenoxy) is 2. The number of rotatable bonds is 5. The van der Waals surface area contributed by atoms with Gasteiger partial charge in [0.25, 0.3) is 5.89 Å². The fraction of sp³-hybridized carbons (Fsp3) is 0.250. The summed E-state index contributed by atoms with van der Waals surface area (Å²) >= 11 is 0. The van der Waals surface area contributed by atoms with Gasteiger partial charge in [0.15, 0.2) is 5.82 Å². The number of carbonyl (C=O) groups excluding carboxylic acids is 1. The van der Waals surface area contributed by atoms with Crippen molar-refractivity contribution in [2.45, 2.75) is 12.3 Å². The molecule has 1 atom stereocenters. The number of benzene rings is 2. The van der Waals surface area contributed by atoms with Crippen LogP contribution >= 0.6 is 0 Å². The van der Waals surface area contributed by atoms with E-state index in [-0.39, 0.29) is 29.7 Å². The molecule has 3 aromatic rings. The molecule has 1 amide bonds. The van der Waals surface area contributed by atoms with E-state index in [0.717, 1.165) is 0 Å². The number of anilines is 1. The number of carbonyl (C=O) groups is 1. The number of aromatic nitrogens is 2. The molecule has 0 aliphatic carbocycles. The zero-order valence-electron chi connectivity index (χ0n) is 15.4. The molecule has 144 valence electrons. The molecule has 1 aromatic heterocycles. The highest BCUT2D eigenvalue weighted by Gasteiger charge is 2.36. The quantitative estimate of drug-likeness (QED) is 0.672. The molecule has 4 rings (SSSR count). The van der Waals surface area contributed by atoms with Crippen LogP contribution in [0.2, 0.25) is 0 Å². The van der Waals surface area contributed by atoms with E-state index in [0.29, 0.717) is 29.6 Å². The second kappa shape index (κ2) is 7.30. The van der Waals surface area contributed by atoms with E-state index < -0.39 is 5.82 Å². The first kappa shape index (κ1) is 18.0. The van der Waals surface area contributed by atoms with Crippen molar-refractivity contribution in [2.75, 3.05) is 25.7 Å². The number of methoxy groups -OCH3 is 2. The Morgan fingerprint density at radius 2 is 2.00 bits per heavy atom. The maximum absolute atomic E-state index is 13.9. The van der Waals surface area contributed by atoms with Gasteiger partial charge in [0.05, 0.1) is 25.5 Å². The molecule has 0 saturated carbocycles. The summed E-state index contributed by atoms with van der Waals surface area (Å²) in [4.78, 5) is 18.5. The predicted octanol–water partition coefficient (Wildman–Crippen LogP) is 3.41. The van der Waals surface area contributed by atoms with Crippen LogP contribution in [0.3, 0.4) is 0 Å². The fourth-order valence-corrected chi connectivity index (χ4v) is 3.27. The largest absolute Gasteiger partial charge is 0.497 e. The summed E-state index contributed by atoms with van der Waals surface area (Å²) < 4.78 is 29.8. The zero-order chi connectivity index (χ0) is 19.7. The molecule has 0 spiro atoms. The summed E-state index contributed by atoms with van der Waals surface area (Å²) in [5, 5.41) is 3.97. The lowest BCUT2D eigenvalue weighted by Gasteiger charge is -2.19. The summed E-state index contributed by atoms with van der Waals surface area (Å²) in [5.41, 5.74) is 0.882. The first-order valence-corrected chi connectivity index (χ1v) is 8.71. The Balaban J connectivity index is 1.59. The van der Waals surface area contributed by atoms with Crippen LogP contribution in [0.5, 0.6) is 11.5 Å². The molecule has 2 heterocycles. The Kier molecular flexibility index (Phi) is 4.68. The zero-order valence-corrected chi connectivity index (χ0v) is 15.4. The van der Waals surface area contributed by atoms with Crippen LogP contribution in [0, 0.1) is 5.82 Å². The van der Waals surface area contributed by atoms with Gasteiger partial charge >= 0.3 is 0 Å². The minimum Gasteiger partial charge on any atom is -0.497 e. The van der Waals surface area contributed by atoms with Crippen molar-refractivity contribution < 1.29 is 23.2 Å². The molecule has 1 fully saturated rings. The minimum absolute atomic E-state index is 0.0780. The van der Waals surface area contributed by atoms with Crippen molar-refractivity contribution in [3.63, 3.8) is 0 Å². The highest BCUT2D eigenvalue weighted by Crippen LogP contribution is 2.38. The number of hydrogen-bond acceptors (Lipinski definition) is 6. The Bertz CT molecular complexity index is 1020. The van der Waals surface area contributed by atoms with Crippen LogP contribution in [0.4, 0.5) is 10.1 Å². The van der Waals surface area contributed by atoms with E-state index in [9.17, 15) is 9.18 Å². The third kappa shape index (κ3) is 3.17. The molecule has 1 unspecified atom stereocenters. The molecule has 0 bridgehead atoms. The number of halogens is 1. The number of amides is 1. The molecule has 28 heavy (non-hydrogen) atoms. The summed E-state index contributed by atoms with van der Waals surface area (Å²) in [7, 11) is 3.10. The Morgan fingerprint density at radius 1 is 1.18 bits per heavy atom. The molecule has 0 N–H and O–H groups in total. The average molecular weight is 383 g/mol. The van der Waals surface area contributed by atoms with Crippen LogP contribution < -0.4 is 14.4 Å². The molecular formula is C20H18FN3O4. The van der Waals surface area contributed by atoms with Crippen molar-refractivity contribution in [1.82, 2.24) is 10.1 Å². The second-order valence-electron chi connectivity index (χ2n) is 6.38. The van der Waals surface area contributed by atoms with E-state index >= 15 is 0 Å². The molecule has 2 aromatic carbocycles. The van der Waals surface area contributed by atoms with Gasteiger partial charge < -0.3 is 18.9 Å². The standard InChI is InChI=1S/C20H18FN3O4/c1-26-13-7-8-16(17(10-13)27-2)24-11-12(9-18(24)25)19-22-20(28-23-19)14-5-3-4-6-15(14)21/h3-8,10,12H,9,11H2,1-2H3. The van der Waals surface area contributed by atoms with Crippen LogP contribution in [-0.2, 0) is 4.79 Å². The lowest BCUT2D eigenvalue weighted by molar-refractivity contribution is -0.117. The van der Waals surface area contributed by atoms with Crippen molar-refractivity contribution in [1.29, 1.82) is 0 Å². The smallest absolute Gasteiger partial charge is 0.260 e. The molecule has 0 radical (unpaired) electrons. The SMILES string of the molecule is COc1ccc(N2CC(c3noc(-c4ccccc4F)n3)CC2=O)c(OC)c1. The van der Waals surface area contributed by atoms with E-state index in [1.54, 1.807) is 48.4 Å². The maximum Gasteiger partial charge on any atom is 0.260 e. The monoisotopic (exact) mass is 383 g/mol. The van der Waals surface area contributed by atoms with Gasteiger partial charge in [-0.3, -0.25) is 4.79 Å². The van der Waals surface area contributed by atoms with Gasteiger partial charge in [0.1, 0.15) is 17.3 Å². The highest BCUT2D eigenvalue weighted by atomic mass is 19.1. The van der Waals surface area contributed by atoms with E-state index in [1.807, 2.05) is 0 Å². The number of nitrogens with zero attached hydrogens (tertiary/aromatic N) is 3. The van der Waals surface area contributed by atoms with Crippen molar-refractivity contribution >= 4 is 11.6 Å². The molecule has 1 aliphatic rings. The summed E-state index contributed by atoms with van der Waals surface area (Å²) in [6, 6.07) is 11.4. The van der Waals surface area contributed by atoms with Crippen LogP contribution in [0.15, 0.2) is 47.0 Å². The predicted molar refractivity (Wildman–Crippen MR) is 98.9 cm³/mol. The normalized spacial score (nSPS) is 16.5. The Hall–Kier alpha value is -3.42. The minimum atomic E-state index is -0.440. The third-order valence-electron chi connectivity index (χ3n) is 4.71. The van der Waals surface area contributed by atoms with Gasteiger partial charge in [0.2, 0.25) is 5.91 Å². The second-order valence-corrected chi connectivity index (χ2v) is 6.38. The lowest BCUT2D eigenvalue weighted by Crippen LogP contribution is -2.24. The Morgan fingerprint density at radius 3 is 2.75 bits per heavy atom. The molecular weight excluding hydrogens is 365 g/mol. The van der Waals surface area contributed by atoms with Gasteiger partial charge in [-0.2, -0.15) is 4.98 Å². The fourth-order valence-electron chi connectivity index (χ4n) is 3.27. The first-order valence-electron chi connectivity index (χ1n) is 8.71. The summed E-state index contributed by atoms with van der Waals surface area (Å²) in [5.74, 6) is 0.867.